The summed E-state index contributed by atoms with van der Waals surface area (Å²) in [5, 5.41) is 0.118. The highest BCUT2D eigenvalue weighted by Crippen LogP contribution is 2.33. The van der Waals surface area contributed by atoms with Crippen LogP contribution in [0.1, 0.15) is 24.0 Å². The number of methoxy groups -OCH3 is 1. The summed E-state index contributed by atoms with van der Waals surface area (Å²) >= 11 is 0. The van der Waals surface area contributed by atoms with Crippen molar-refractivity contribution in [1.29, 1.82) is 0 Å². The molecule has 0 radical (unpaired) electrons. The molecular weight excluding hydrogens is 506 g/mol. The maximum atomic E-state index is 14.5. The van der Waals surface area contributed by atoms with Crippen LogP contribution in [-0.2, 0) is 19.6 Å². The van der Waals surface area contributed by atoms with Gasteiger partial charge in [-0.2, -0.15) is 4.39 Å². The topological polar surface area (TPSA) is 85.6 Å². The number of anilines is 1. The number of rotatable bonds is 7. The number of pyridine rings is 2. The number of ether oxygens (including phenoxy) is 2. The highest BCUT2D eigenvalue weighted by Gasteiger charge is 2.29. The Hall–Kier alpha value is -4.12. The van der Waals surface area contributed by atoms with Crippen LogP contribution in [0.4, 0.5) is 14.6 Å². The Morgan fingerprint density at radius 3 is 2.79 bits per heavy atom. The number of nitrogens with zero attached hydrogens (tertiary/aromatic N) is 6. The molecule has 0 amide bonds. The molecule has 1 fully saturated rings. The van der Waals surface area contributed by atoms with Gasteiger partial charge in [0.2, 0.25) is 5.82 Å². The molecule has 202 valence electrons. The lowest BCUT2D eigenvalue weighted by atomic mass is 10.0. The fourth-order valence-electron chi connectivity index (χ4n) is 5.59. The normalized spacial score (nSPS) is 16.9. The van der Waals surface area contributed by atoms with Gasteiger partial charge in [0.25, 0.3) is 0 Å². The molecule has 4 aromatic rings. The number of hydrogen-bond donors (Lipinski definition) is 0. The van der Waals surface area contributed by atoms with Gasteiger partial charge in [0.05, 0.1) is 37.0 Å². The van der Waals surface area contributed by atoms with Crippen LogP contribution in [0.15, 0.2) is 54.1 Å². The summed E-state index contributed by atoms with van der Waals surface area (Å²) in [6.45, 7) is 3.01. The molecule has 3 aromatic heterocycles. The Kier molecular flexibility index (Phi) is 6.82. The highest BCUT2D eigenvalue weighted by atomic mass is 19.2. The summed E-state index contributed by atoms with van der Waals surface area (Å²) in [6, 6.07) is 2.98. The summed E-state index contributed by atoms with van der Waals surface area (Å²) in [6.07, 6.45) is 12.1. The first-order valence-corrected chi connectivity index (χ1v) is 12.9. The standard InChI is InChI=1S/C28H28F2N6O3/c1-38-23-12-31-5-4-18(23)14-36(20-3-2-8-34(17-20)24-13-32-6-7-33-24)16-19-15-35-9-10-39-28-25(30)22(29)11-21(26(28)35)27(19)37/h4-7,11-13,15,20H,2-3,8-10,14,16-17H2,1H3. The molecule has 6 rings (SSSR count). The summed E-state index contributed by atoms with van der Waals surface area (Å²) in [5.41, 5.74) is 1.41. The zero-order chi connectivity index (χ0) is 26.9. The van der Waals surface area contributed by atoms with Crippen LogP contribution in [-0.4, -0.2) is 57.3 Å². The van der Waals surface area contributed by atoms with E-state index in [1.807, 2.05) is 6.07 Å². The van der Waals surface area contributed by atoms with Gasteiger partial charge >= 0.3 is 0 Å². The predicted molar refractivity (Wildman–Crippen MR) is 141 cm³/mol. The van der Waals surface area contributed by atoms with E-state index in [1.165, 1.54) is 0 Å². The lowest BCUT2D eigenvalue weighted by Crippen LogP contribution is -2.48. The summed E-state index contributed by atoms with van der Waals surface area (Å²) in [7, 11) is 1.61. The average molecular weight is 535 g/mol. The van der Waals surface area contributed by atoms with E-state index in [0.29, 0.717) is 43.0 Å². The first kappa shape index (κ1) is 25.2. The quantitative estimate of drug-likeness (QED) is 0.356. The maximum Gasteiger partial charge on any atom is 0.202 e. The summed E-state index contributed by atoms with van der Waals surface area (Å²) < 4.78 is 41.7. The molecule has 0 saturated carbocycles. The molecule has 0 bridgehead atoms. The first-order valence-electron chi connectivity index (χ1n) is 12.9. The second-order valence-corrected chi connectivity index (χ2v) is 9.82. The van der Waals surface area contributed by atoms with E-state index in [2.05, 4.69) is 24.8 Å². The van der Waals surface area contributed by atoms with E-state index in [1.54, 1.807) is 48.9 Å². The average Bonchev–Trinajstić information content (AvgIpc) is 2.98. The van der Waals surface area contributed by atoms with Gasteiger partial charge in [0, 0.05) is 68.1 Å². The van der Waals surface area contributed by atoms with Gasteiger partial charge < -0.3 is 18.9 Å². The van der Waals surface area contributed by atoms with Gasteiger partial charge in [-0.3, -0.25) is 19.7 Å². The molecular formula is C28H28F2N6O3. The SMILES string of the molecule is COc1cnccc1CN(Cc1cn2c3c(c(F)c(F)cc3c1=O)OCC2)C1CCCN(c2cnccn2)C1. The second-order valence-electron chi connectivity index (χ2n) is 9.82. The van der Waals surface area contributed by atoms with Crippen LogP contribution in [0.5, 0.6) is 11.5 Å². The molecule has 9 nitrogen and oxygen atoms in total. The first-order chi connectivity index (χ1) is 19.0. The fourth-order valence-corrected chi connectivity index (χ4v) is 5.59. The molecule has 2 aliphatic rings. The molecule has 1 aromatic carbocycles. The van der Waals surface area contributed by atoms with Crippen molar-refractivity contribution in [1.82, 2.24) is 24.4 Å². The van der Waals surface area contributed by atoms with Crippen LogP contribution in [0.2, 0.25) is 0 Å². The third-order valence-electron chi connectivity index (χ3n) is 7.49. The smallest absolute Gasteiger partial charge is 0.202 e. The molecule has 11 heteroatoms. The number of aromatic nitrogens is 4. The summed E-state index contributed by atoms with van der Waals surface area (Å²) in [5.74, 6) is -0.894. The zero-order valence-electron chi connectivity index (χ0n) is 21.5. The Bertz CT molecular complexity index is 1560. The van der Waals surface area contributed by atoms with Crippen molar-refractivity contribution < 1.29 is 18.3 Å². The second kappa shape index (κ2) is 10.6. The third-order valence-corrected chi connectivity index (χ3v) is 7.49. The molecule has 39 heavy (non-hydrogen) atoms. The summed E-state index contributed by atoms with van der Waals surface area (Å²) in [4.78, 5) is 31.0. The molecule has 1 atom stereocenters. The molecule has 2 aliphatic heterocycles. The van der Waals surface area contributed by atoms with Crippen molar-refractivity contribution in [2.75, 3.05) is 31.7 Å². The van der Waals surface area contributed by atoms with Crippen LogP contribution in [0.3, 0.4) is 0 Å². The van der Waals surface area contributed by atoms with E-state index in [9.17, 15) is 13.6 Å². The van der Waals surface area contributed by atoms with E-state index < -0.39 is 11.6 Å². The molecule has 5 heterocycles. The van der Waals surface area contributed by atoms with E-state index in [-0.39, 0.29) is 29.2 Å². The molecule has 0 spiro atoms. The minimum atomic E-state index is -1.09. The van der Waals surface area contributed by atoms with Gasteiger partial charge in [0.1, 0.15) is 18.2 Å². The molecule has 0 aliphatic carbocycles. The molecule has 0 N–H and O–H groups in total. The van der Waals surface area contributed by atoms with E-state index in [0.717, 1.165) is 36.8 Å². The van der Waals surface area contributed by atoms with E-state index >= 15 is 0 Å². The van der Waals surface area contributed by atoms with Crippen molar-refractivity contribution in [3.8, 4) is 11.5 Å². The number of benzene rings is 1. The number of halogens is 2. The Balaban J connectivity index is 1.39. The fraction of sp³-hybridized carbons (Fsp3) is 0.357. The van der Waals surface area contributed by atoms with Crippen molar-refractivity contribution in [3.05, 3.63) is 82.3 Å². The van der Waals surface area contributed by atoms with Crippen LogP contribution >= 0.6 is 0 Å². The monoisotopic (exact) mass is 534 g/mol. The van der Waals surface area contributed by atoms with Crippen molar-refractivity contribution in [2.24, 2.45) is 0 Å². The Labute approximate surface area is 223 Å². The van der Waals surface area contributed by atoms with Crippen molar-refractivity contribution >= 4 is 16.7 Å². The number of hydrogen-bond acceptors (Lipinski definition) is 8. The predicted octanol–water partition coefficient (Wildman–Crippen LogP) is 3.54. The lowest BCUT2D eigenvalue weighted by Gasteiger charge is -2.40. The maximum absolute atomic E-state index is 14.5. The van der Waals surface area contributed by atoms with Gasteiger partial charge in [-0.25, -0.2) is 9.37 Å². The van der Waals surface area contributed by atoms with Crippen molar-refractivity contribution in [3.63, 3.8) is 0 Å². The zero-order valence-corrected chi connectivity index (χ0v) is 21.5. The minimum absolute atomic E-state index is 0.0823. The van der Waals surface area contributed by atoms with Gasteiger partial charge in [-0.15, -0.1) is 0 Å². The Morgan fingerprint density at radius 1 is 1.13 bits per heavy atom. The van der Waals surface area contributed by atoms with E-state index in [4.69, 9.17) is 9.47 Å². The largest absolute Gasteiger partial charge is 0.495 e. The number of piperidine rings is 1. The minimum Gasteiger partial charge on any atom is -0.495 e. The van der Waals surface area contributed by atoms with Crippen molar-refractivity contribution in [2.45, 2.75) is 38.5 Å². The Morgan fingerprint density at radius 2 is 1.97 bits per heavy atom. The van der Waals surface area contributed by atoms with Gasteiger partial charge in [-0.05, 0) is 25.0 Å². The molecule has 1 unspecified atom stereocenters. The van der Waals surface area contributed by atoms with Crippen LogP contribution in [0.25, 0.3) is 10.9 Å². The van der Waals surface area contributed by atoms with Gasteiger partial charge in [-0.1, -0.05) is 0 Å². The highest BCUT2D eigenvalue weighted by molar-refractivity contribution is 5.86. The van der Waals surface area contributed by atoms with Crippen LogP contribution in [0, 0.1) is 11.6 Å². The van der Waals surface area contributed by atoms with Crippen LogP contribution < -0.4 is 19.8 Å². The van der Waals surface area contributed by atoms with Gasteiger partial charge in [0.15, 0.2) is 17.0 Å². The third kappa shape index (κ3) is 4.78. The molecule has 1 saturated heterocycles. The lowest BCUT2D eigenvalue weighted by molar-refractivity contribution is 0.156.